The van der Waals surface area contributed by atoms with Crippen molar-refractivity contribution in [2.45, 2.75) is 33.3 Å². The molecule has 0 bridgehead atoms. The van der Waals surface area contributed by atoms with E-state index in [1.807, 2.05) is 5.38 Å². The minimum Gasteiger partial charge on any atom is -0.373 e. The molecule has 6 nitrogen and oxygen atoms in total. The highest BCUT2D eigenvalue weighted by atomic mass is 32.1. The van der Waals surface area contributed by atoms with Crippen molar-refractivity contribution in [3.05, 3.63) is 16.2 Å². The van der Waals surface area contributed by atoms with Crippen LogP contribution in [0.2, 0.25) is 0 Å². The number of aromatic nitrogens is 3. The van der Waals surface area contributed by atoms with Crippen LogP contribution in [0.4, 0.5) is 0 Å². The summed E-state index contributed by atoms with van der Waals surface area (Å²) in [6, 6.07) is 0. The summed E-state index contributed by atoms with van der Waals surface area (Å²) >= 11 is 1.55. The lowest BCUT2D eigenvalue weighted by atomic mass is 9.88. The number of methoxy groups -OCH3 is 1. The molecular formula is C13H20N4O2S. The van der Waals surface area contributed by atoms with Gasteiger partial charge in [0, 0.05) is 18.9 Å². The van der Waals surface area contributed by atoms with Gasteiger partial charge in [-0.1, -0.05) is 25.9 Å². The van der Waals surface area contributed by atoms with Gasteiger partial charge in [0.1, 0.15) is 11.8 Å². The number of hydrogen-bond acceptors (Lipinski definition) is 7. The summed E-state index contributed by atoms with van der Waals surface area (Å²) in [5.41, 5.74) is 6.10. The summed E-state index contributed by atoms with van der Waals surface area (Å²) in [6.45, 7) is 6.79. The van der Waals surface area contributed by atoms with Crippen LogP contribution >= 0.6 is 11.3 Å². The molecule has 0 spiro atoms. The van der Waals surface area contributed by atoms with E-state index in [1.165, 1.54) is 0 Å². The van der Waals surface area contributed by atoms with E-state index >= 15 is 0 Å². The largest absolute Gasteiger partial charge is 0.373 e. The quantitative estimate of drug-likeness (QED) is 0.911. The Labute approximate surface area is 122 Å². The van der Waals surface area contributed by atoms with Gasteiger partial charge in [-0.05, 0) is 12.0 Å². The molecule has 0 aliphatic carbocycles. The van der Waals surface area contributed by atoms with Crippen molar-refractivity contribution in [3.8, 4) is 11.6 Å². The molecule has 2 aromatic heterocycles. The van der Waals surface area contributed by atoms with Crippen molar-refractivity contribution in [2.24, 2.45) is 11.1 Å². The van der Waals surface area contributed by atoms with Crippen LogP contribution in [-0.2, 0) is 11.2 Å². The number of thiazole rings is 1. The van der Waals surface area contributed by atoms with Crippen LogP contribution in [0.25, 0.3) is 11.6 Å². The molecular weight excluding hydrogens is 276 g/mol. The average molecular weight is 296 g/mol. The standard InChI is InChI=1S/C13H20N4O2S/c1-13(2,3)10(18-4)11-16-12(19-17-11)8-7-20-9(15-8)5-6-14/h7,10H,5-6,14H2,1-4H3. The molecule has 2 aromatic rings. The molecule has 2 N–H and O–H groups in total. The summed E-state index contributed by atoms with van der Waals surface area (Å²) in [4.78, 5) is 8.83. The normalized spacial score (nSPS) is 13.7. The topological polar surface area (TPSA) is 87.1 Å². The molecule has 1 atom stereocenters. The minimum absolute atomic E-state index is 0.108. The van der Waals surface area contributed by atoms with E-state index < -0.39 is 0 Å². The summed E-state index contributed by atoms with van der Waals surface area (Å²) in [5, 5.41) is 6.89. The molecule has 1 unspecified atom stereocenters. The van der Waals surface area contributed by atoms with E-state index in [9.17, 15) is 0 Å². The zero-order valence-electron chi connectivity index (χ0n) is 12.2. The first-order chi connectivity index (χ1) is 9.45. The van der Waals surface area contributed by atoms with Gasteiger partial charge in [0.15, 0.2) is 0 Å². The molecule has 7 heteroatoms. The first-order valence-electron chi connectivity index (χ1n) is 6.47. The molecule has 0 saturated heterocycles. The van der Waals surface area contributed by atoms with Gasteiger partial charge >= 0.3 is 0 Å². The van der Waals surface area contributed by atoms with Gasteiger partial charge in [0.25, 0.3) is 5.89 Å². The SMILES string of the molecule is COC(c1noc(-c2csc(CCN)n2)n1)C(C)(C)C. The molecule has 110 valence electrons. The monoisotopic (exact) mass is 296 g/mol. The first-order valence-corrected chi connectivity index (χ1v) is 7.35. The summed E-state index contributed by atoms with van der Waals surface area (Å²) in [7, 11) is 1.65. The molecule has 2 heterocycles. The average Bonchev–Trinajstić information content (AvgIpc) is 2.97. The van der Waals surface area contributed by atoms with Crippen LogP contribution in [0.1, 0.15) is 37.7 Å². The van der Waals surface area contributed by atoms with Gasteiger partial charge in [0.2, 0.25) is 5.82 Å². The van der Waals surface area contributed by atoms with Crippen LogP contribution in [0, 0.1) is 5.41 Å². The van der Waals surface area contributed by atoms with Crippen molar-refractivity contribution in [2.75, 3.05) is 13.7 Å². The predicted octanol–water partition coefficient (Wildman–Crippen LogP) is 2.43. The Balaban J connectivity index is 2.23. The van der Waals surface area contributed by atoms with Gasteiger partial charge in [-0.15, -0.1) is 11.3 Å². The zero-order chi connectivity index (χ0) is 14.8. The predicted molar refractivity (Wildman–Crippen MR) is 77.4 cm³/mol. The summed E-state index contributed by atoms with van der Waals surface area (Å²) in [5.74, 6) is 0.967. The van der Waals surface area contributed by atoms with E-state index in [0.29, 0.717) is 24.0 Å². The van der Waals surface area contributed by atoms with Crippen molar-refractivity contribution in [1.29, 1.82) is 0 Å². The lowest BCUT2D eigenvalue weighted by Crippen LogP contribution is -2.21. The minimum atomic E-state index is -0.220. The Kier molecular flexibility index (Phi) is 4.52. The fourth-order valence-corrected chi connectivity index (χ4v) is 2.73. The van der Waals surface area contributed by atoms with E-state index in [2.05, 4.69) is 35.9 Å². The molecule has 0 aliphatic heterocycles. The smallest absolute Gasteiger partial charge is 0.277 e. The van der Waals surface area contributed by atoms with Crippen molar-refractivity contribution < 1.29 is 9.26 Å². The second-order valence-electron chi connectivity index (χ2n) is 5.60. The highest BCUT2D eigenvalue weighted by Gasteiger charge is 2.31. The summed E-state index contributed by atoms with van der Waals surface area (Å²) < 4.78 is 10.8. The lowest BCUT2D eigenvalue weighted by Gasteiger charge is -2.26. The zero-order valence-corrected chi connectivity index (χ0v) is 13.0. The third kappa shape index (κ3) is 3.23. The van der Waals surface area contributed by atoms with Crippen molar-refractivity contribution in [1.82, 2.24) is 15.1 Å². The van der Waals surface area contributed by atoms with Crippen LogP contribution in [-0.4, -0.2) is 28.8 Å². The van der Waals surface area contributed by atoms with Gasteiger partial charge in [-0.25, -0.2) is 4.98 Å². The van der Waals surface area contributed by atoms with E-state index in [-0.39, 0.29) is 11.5 Å². The fourth-order valence-electron chi connectivity index (χ4n) is 1.94. The van der Waals surface area contributed by atoms with E-state index in [1.54, 1.807) is 18.4 Å². The Morgan fingerprint density at radius 1 is 1.40 bits per heavy atom. The Bertz CT molecular complexity index is 559. The van der Waals surface area contributed by atoms with Gasteiger partial charge in [-0.3, -0.25) is 0 Å². The Morgan fingerprint density at radius 2 is 2.15 bits per heavy atom. The maximum atomic E-state index is 5.52. The highest BCUT2D eigenvalue weighted by Crippen LogP contribution is 2.34. The second-order valence-corrected chi connectivity index (χ2v) is 6.55. The third-order valence-electron chi connectivity index (χ3n) is 2.83. The molecule has 2 rings (SSSR count). The third-order valence-corrected chi connectivity index (χ3v) is 3.74. The van der Waals surface area contributed by atoms with Crippen LogP contribution in [0.3, 0.4) is 0 Å². The molecule has 0 aliphatic rings. The number of rotatable bonds is 5. The molecule has 20 heavy (non-hydrogen) atoms. The first kappa shape index (κ1) is 15.1. The second kappa shape index (κ2) is 5.99. The summed E-state index contributed by atoms with van der Waals surface area (Å²) in [6.07, 6.45) is 0.538. The lowest BCUT2D eigenvalue weighted by molar-refractivity contribution is 0.00718. The van der Waals surface area contributed by atoms with Gasteiger partial charge in [-0.2, -0.15) is 4.98 Å². The van der Waals surface area contributed by atoms with Gasteiger partial charge in [0.05, 0.1) is 5.01 Å². The molecule has 0 saturated carbocycles. The molecule has 0 radical (unpaired) electrons. The number of ether oxygens (including phenoxy) is 1. The van der Waals surface area contributed by atoms with Crippen LogP contribution < -0.4 is 5.73 Å². The number of hydrogen-bond donors (Lipinski definition) is 1. The highest BCUT2D eigenvalue weighted by molar-refractivity contribution is 7.09. The van der Waals surface area contributed by atoms with E-state index in [0.717, 1.165) is 11.4 Å². The van der Waals surface area contributed by atoms with Crippen molar-refractivity contribution >= 4 is 11.3 Å². The number of nitrogens with two attached hydrogens (primary N) is 1. The molecule has 0 aromatic carbocycles. The fraction of sp³-hybridized carbons (Fsp3) is 0.615. The Hall–Kier alpha value is -1.31. The van der Waals surface area contributed by atoms with Gasteiger partial charge < -0.3 is 15.0 Å². The maximum absolute atomic E-state index is 5.52. The Morgan fingerprint density at radius 3 is 2.75 bits per heavy atom. The van der Waals surface area contributed by atoms with Crippen LogP contribution in [0.5, 0.6) is 0 Å². The van der Waals surface area contributed by atoms with Crippen molar-refractivity contribution in [3.63, 3.8) is 0 Å². The maximum Gasteiger partial charge on any atom is 0.277 e. The van der Waals surface area contributed by atoms with Crippen LogP contribution in [0.15, 0.2) is 9.90 Å². The molecule has 0 amide bonds. The molecule has 0 fully saturated rings. The van der Waals surface area contributed by atoms with E-state index in [4.69, 9.17) is 15.0 Å². The number of nitrogens with zero attached hydrogens (tertiary/aromatic N) is 3.